The molecule has 2 aromatic rings. The molecule has 0 bridgehead atoms. The molecule has 1 N–H and O–H groups in total. The lowest BCUT2D eigenvalue weighted by Crippen LogP contribution is -2.64. The number of halogens is 9. The number of carbonyl (C=O) groups is 1. The molecule has 0 atom stereocenters. The van der Waals surface area contributed by atoms with Gasteiger partial charge < -0.3 is 0 Å². The second-order valence-corrected chi connectivity index (χ2v) is 8.20. The second kappa shape index (κ2) is 9.23. The number of anilines is 1. The van der Waals surface area contributed by atoms with Gasteiger partial charge in [0.05, 0.1) is 5.69 Å². The van der Waals surface area contributed by atoms with E-state index in [0.29, 0.717) is 6.07 Å². The van der Waals surface area contributed by atoms with Gasteiger partial charge in [-0.25, -0.2) is 0 Å². The number of rotatable bonds is 9. The Morgan fingerprint density at radius 3 is 1.88 bits per heavy atom. The van der Waals surface area contributed by atoms with Crippen LogP contribution in [0.5, 0.6) is 0 Å². The molecule has 34 heavy (non-hydrogen) atoms. The molecule has 2 rings (SSSR count). The third-order valence-corrected chi connectivity index (χ3v) is 5.51. The fourth-order valence-electron chi connectivity index (χ4n) is 2.28. The fraction of sp³-hybridized carbons (Fsp3) is 0.278. The third-order valence-electron chi connectivity index (χ3n) is 4.09. The number of hydrogen-bond acceptors (Lipinski definition) is 5. The number of sulfonamides is 1. The van der Waals surface area contributed by atoms with Crippen molar-refractivity contribution in [1.29, 1.82) is 0 Å². The van der Waals surface area contributed by atoms with E-state index in [4.69, 9.17) is 0 Å². The minimum Gasteiger partial charge on any atom is -0.292 e. The monoisotopic (exact) mass is 521 g/mol. The Kier molecular flexibility index (Phi) is 7.35. The zero-order valence-corrected chi connectivity index (χ0v) is 17.1. The van der Waals surface area contributed by atoms with Gasteiger partial charge in [0.1, 0.15) is 12.2 Å². The average Bonchev–Trinajstić information content (AvgIpc) is 2.74. The van der Waals surface area contributed by atoms with Gasteiger partial charge in [-0.05, 0) is 12.1 Å². The fourth-order valence-corrected chi connectivity index (χ4v) is 3.33. The van der Waals surface area contributed by atoms with Crippen molar-refractivity contribution in [2.24, 2.45) is 10.2 Å². The van der Waals surface area contributed by atoms with Crippen LogP contribution in [0.3, 0.4) is 0 Å². The normalized spacial score (nSPS) is 13.8. The number of Topliss-reactive ketones (excluding diaryl/α,β-unsaturated/α-hetero) is 1. The van der Waals surface area contributed by atoms with Gasteiger partial charge in [-0.2, -0.15) is 58.2 Å². The number of carbonyl (C=O) groups excluding carboxylic acids is 1. The summed E-state index contributed by atoms with van der Waals surface area (Å²) in [5, 5.41) is -0.0920. The quantitative estimate of drug-likeness (QED) is 0.256. The first-order valence-electron chi connectivity index (χ1n) is 8.73. The van der Waals surface area contributed by atoms with Crippen LogP contribution in [0, 0.1) is 0 Å². The Labute approximate surface area is 185 Å². The lowest BCUT2D eigenvalue weighted by atomic mass is 10.1. The van der Waals surface area contributed by atoms with Gasteiger partial charge in [0, 0.05) is 5.56 Å². The van der Waals surface area contributed by atoms with Crippen molar-refractivity contribution in [3.05, 3.63) is 60.2 Å². The number of ketones is 1. The number of nitrogens with zero attached hydrogens (tertiary/aromatic N) is 2. The minimum absolute atomic E-state index is 0.211. The lowest BCUT2D eigenvalue weighted by molar-refractivity contribution is -0.382. The van der Waals surface area contributed by atoms with Crippen LogP contribution >= 0.6 is 0 Å². The van der Waals surface area contributed by atoms with E-state index >= 15 is 0 Å². The summed E-state index contributed by atoms with van der Waals surface area (Å²) in [5.41, 5.74) is -1.43. The molecular weight excluding hydrogens is 509 g/mol. The van der Waals surface area contributed by atoms with Crippen LogP contribution in [0.25, 0.3) is 0 Å². The van der Waals surface area contributed by atoms with Crippen LogP contribution in [-0.4, -0.2) is 44.0 Å². The minimum atomic E-state index is -7.39. The number of azo groups is 1. The van der Waals surface area contributed by atoms with E-state index < -0.39 is 57.0 Å². The molecule has 0 unspecified atom stereocenters. The molecule has 2 aromatic carbocycles. The van der Waals surface area contributed by atoms with Crippen molar-refractivity contribution in [3.8, 4) is 0 Å². The van der Waals surface area contributed by atoms with E-state index in [1.54, 1.807) is 6.07 Å². The third kappa shape index (κ3) is 5.00. The van der Waals surface area contributed by atoms with Crippen molar-refractivity contribution >= 4 is 27.2 Å². The Morgan fingerprint density at radius 1 is 0.794 bits per heavy atom. The molecule has 0 aliphatic carbocycles. The first-order chi connectivity index (χ1) is 15.5. The van der Waals surface area contributed by atoms with Gasteiger partial charge in [-0.1, -0.05) is 42.5 Å². The number of hydrogen-bond donors (Lipinski definition) is 1. The Balaban J connectivity index is 2.32. The molecule has 0 amide bonds. The van der Waals surface area contributed by atoms with Crippen LogP contribution in [0.4, 0.5) is 50.9 Å². The van der Waals surface area contributed by atoms with E-state index in [1.807, 2.05) is 0 Å². The highest BCUT2D eigenvalue weighted by Gasteiger charge is 2.85. The summed E-state index contributed by atoms with van der Waals surface area (Å²) in [6, 6.07) is 11.3. The molecule has 0 radical (unpaired) electrons. The van der Waals surface area contributed by atoms with Crippen LogP contribution in [0.1, 0.15) is 10.4 Å². The Hall–Kier alpha value is -3.17. The highest BCUT2D eigenvalue weighted by molar-refractivity contribution is 7.93. The van der Waals surface area contributed by atoms with Crippen molar-refractivity contribution in [2.75, 3.05) is 11.3 Å². The predicted molar refractivity (Wildman–Crippen MR) is 100 cm³/mol. The number of nitrogens with one attached hydrogen (secondary N) is 1. The van der Waals surface area contributed by atoms with E-state index in [9.17, 15) is 52.7 Å². The lowest BCUT2D eigenvalue weighted by Gasteiger charge is -2.33. The summed E-state index contributed by atoms with van der Waals surface area (Å²) >= 11 is 0. The molecule has 0 aliphatic rings. The maximum Gasteiger partial charge on any atom is 0.460 e. The van der Waals surface area contributed by atoms with Gasteiger partial charge in [-0.15, -0.1) is 0 Å². The molecule has 0 saturated carbocycles. The smallest absolute Gasteiger partial charge is 0.292 e. The standard InChI is InChI=1S/C18H12F9N3O3S/c19-15(20,17(23,24)25)16(21,22)18(26,27)34(32,33)30-13-9-5-4-8-12(13)29-28-10-14(31)11-6-2-1-3-7-11/h1-9,30H,10H2. The predicted octanol–water partition coefficient (Wildman–Crippen LogP) is 5.82. The summed E-state index contributed by atoms with van der Waals surface area (Å²) in [6.07, 6.45) is -7.19. The molecule has 186 valence electrons. The Bertz CT molecular complexity index is 1170. The number of benzene rings is 2. The van der Waals surface area contributed by atoms with Crippen molar-refractivity contribution in [1.82, 2.24) is 0 Å². The summed E-state index contributed by atoms with van der Waals surface area (Å²) in [6.45, 7) is -0.614. The number of alkyl halides is 9. The SMILES string of the molecule is O=C(CN=Nc1ccccc1NS(=O)(=O)C(F)(F)C(F)(F)C(F)(F)C(F)(F)F)c1ccccc1. The molecule has 0 aliphatic heterocycles. The number of para-hydroxylation sites is 1. The van der Waals surface area contributed by atoms with Gasteiger partial charge in [0.2, 0.25) is 0 Å². The highest BCUT2D eigenvalue weighted by atomic mass is 32.2. The topological polar surface area (TPSA) is 88.0 Å². The summed E-state index contributed by atoms with van der Waals surface area (Å²) < 4.78 is 142. The van der Waals surface area contributed by atoms with E-state index in [0.717, 1.165) is 22.9 Å². The Morgan fingerprint density at radius 2 is 1.32 bits per heavy atom. The zero-order chi connectivity index (χ0) is 26.0. The maximum absolute atomic E-state index is 13.9. The molecule has 6 nitrogen and oxygen atoms in total. The maximum atomic E-state index is 13.9. The van der Waals surface area contributed by atoms with Crippen molar-refractivity contribution in [3.63, 3.8) is 0 Å². The van der Waals surface area contributed by atoms with Crippen LogP contribution in [0.2, 0.25) is 0 Å². The average molecular weight is 521 g/mol. The van der Waals surface area contributed by atoms with E-state index in [2.05, 4.69) is 10.2 Å². The van der Waals surface area contributed by atoms with Crippen molar-refractivity contribution < 1.29 is 52.7 Å². The van der Waals surface area contributed by atoms with Gasteiger partial charge in [0.15, 0.2) is 5.78 Å². The van der Waals surface area contributed by atoms with Crippen LogP contribution in [0.15, 0.2) is 64.8 Å². The second-order valence-electron chi connectivity index (χ2n) is 6.47. The molecule has 0 saturated heterocycles. The first kappa shape index (κ1) is 27.1. The summed E-state index contributed by atoms with van der Waals surface area (Å²) in [5.74, 6) is -15.3. The largest absolute Gasteiger partial charge is 0.460 e. The van der Waals surface area contributed by atoms with Crippen LogP contribution < -0.4 is 4.72 Å². The van der Waals surface area contributed by atoms with E-state index in [1.165, 1.54) is 24.3 Å². The van der Waals surface area contributed by atoms with Gasteiger partial charge >= 0.3 is 33.3 Å². The molecule has 0 heterocycles. The molecule has 0 aromatic heterocycles. The molecular formula is C18H12F9N3O3S. The first-order valence-corrected chi connectivity index (χ1v) is 10.2. The highest BCUT2D eigenvalue weighted by Crippen LogP contribution is 2.54. The molecule has 16 heteroatoms. The zero-order valence-electron chi connectivity index (χ0n) is 16.3. The summed E-state index contributed by atoms with van der Waals surface area (Å²) in [7, 11) is -6.90. The molecule has 0 fully saturated rings. The van der Waals surface area contributed by atoms with Gasteiger partial charge in [-0.3, -0.25) is 9.52 Å². The van der Waals surface area contributed by atoms with E-state index in [-0.39, 0.29) is 5.56 Å². The van der Waals surface area contributed by atoms with Crippen molar-refractivity contribution in [2.45, 2.75) is 23.3 Å². The van der Waals surface area contributed by atoms with Crippen LogP contribution in [-0.2, 0) is 10.0 Å². The van der Waals surface area contributed by atoms with Gasteiger partial charge in [0.25, 0.3) is 0 Å². The molecule has 0 spiro atoms. The summed E-state index contributed by atoms with van der Waals surface area (Å²) in [4.78, 5) is 12.0.